The number of aliphatic hydroxyl groups is 1. The quantitative estimate of drug-likeness (QED) is 0.480. The van der Waals surface area contributed by atoms with Crippen molar-refractivity contribution in [2.24, 2.45) is 0 Å². The van der Waals surface area contributed by atoms with Gasteiger partial charge in [-0.3, -0.25) is 0 Å². The lowest BCUT2D eigenvalue weighted by molar-refractivity contribution is 0.0325. The van der Waals surface area contributed by atoms with Crippen molar-refractivity contribution in [2.75, 3.05) is 13.9 Å². The fourth-order valence-electron chi connectivity index (χ4n) is 0. The van der Waals surface area contributed by atoms with Gasteiger partial charge in [0.1, 0.15) is 6.79 Å². The SMILES string of the molecule is CC.COCO. The minimum atomic E-state index is -0.181. The fourth-order valence-corrected chi connectivity index (χ4v) is 0. The van der Waals surface area contributed by atoms with Crippen molar-refractivity contribution in [1.82, 2.24) is 0 Å². The number of rotatable bonds is 1. The van der Waals surface area contributed by atoms with Crippen LogP contribution in [0.5, 0.6) is 0 Å². The molecule has 0 fully saturated rings. The van der Waals surface area contributed by atoms with E-state index in [0.29, 0.717) is 0 Å². The molecule has 1 N–H and O–H groups in total. The third-order valence-corrected chi connectivity index (χ3v) is 0.129. The van der Waals surface area contributed by atoms with Gasteiger partial charge in [0.05, 0.1) is 0 Å². The first-order chi connectivity index (χ1) is 2.91. The van der Waals surface area contributed by atoms with Crippen molar-refractivity contribution in [1.29, 1.82) is 0 Å². The lowest BCUT2D eigenvalue weighted by Crippen LogP contribution is -1.79. The summed E-state index contributed by atoms with van der Waals surface area (Å²) >= 11 is 0. The van der Waals surface area contributed by atoms with E-state index >= 15 is 0 Å². The second-order valence-corrected chi connectivity index (χ2v) is 0.418. The Labute approximate surface area is 38.7 Å². The van der Waals surface area contributed by atoms with Gasteiger partial charge in [0.25, 0.3) is 0 Å². The molecule has 0 heterocycles. The first kappa shape index (κ1) is 9.33. The van der Waals surface area contributed by atoms with Gasteiger partial charge in [-0.25, -0.2) is 0 Å². The van der Waals surface area contributed by atoms with Crippen molar-refractivity contribution >= 4 is 0 Å². The maximum atomic E-state index is 7.65. The average Bonchev–Trinajstić information content (AvgIpc) is 1.72. The van der Waals surface area contributed by atoms with E-state index in [1.807, 2.05) is 13.8 Å². The van der Waals surface area contributed by atoms with Gasteiger partial charge in [-0.05, 0) is 0 Å². The summed E-state index contributed by atoms with van der Waals surface area (Å²) < 4.78 is 4.10. The molecular formula is C4H12O2. The number of hydrogen-bond donors (Lipinski definition) is 1. The van der Waals surface area contributed by atoms with Gasteiger partial charge in [0.15, 0.2) is 0 Å². The third-order valence-electron chi connectivity index (χ3n) is 0.129. The molecule has 0 atom stereocenters. The summed E-state index contributed by atoms with van der Waals surface area (Å²) in [6, 6.07) is 0. The molecule has 0 spiro atoms. The highest BCUT2D eigenvalue weighted by Crippen LogP contribution is 1.46. The van der Waals surface area contributed by atoms with E-state index in [0.717, 1.165) is 0 Å². The Hall–Kier alpha value is -0.0800. The molecule has 0 saturated heterocycles. The van der Waals surface area contributed by atoms with E-state index in [4.69, 9.17) is 5.11 Å². The predicted octanol–water partition coefficient (Wildman–Crippen LogP) is 0.609. The summed E-state index contributed by atoms with van der Waals surface area (Å²) in [6.45, 7) is 3.82. The highest BCUT2D eigenvalue weighted by atomic mass is 16.6. The molecule has 0 saturated carbocycles. The number of ether oxygens (including phenoxy) is 1. The molecule has 40 valence electrons. The first-order valence-corrected chi connectivity index (χ1v) is 2.01. The maximum Gasteiger partial charge on any atom is 0.143 e. The Balaban J connectivity index is 0. The summed E-state index contributed by atoms with van der Waals surface area (Å²) in [5, 5.41) is 7.65. The molecule has 0 radical (unpaired) electrons. The van der Waals surface area contributed by atoms with E-state index in [2.05, 4.69) is 4.74 Å². The molecule has 2 heteroatoms. The van der Waals surface area contributed by atoms with E-state index in [9.17, 15) is 0 Å². The molecule has 0 aliphatic carbocycles. The van der Waals surface area contributed by atoms with E-state index in [-0.39, 0.29) is 6.79 Å². The molecule has 0 rings (SSSR count). The van der Waals surface area contributed by atoms with Crippen molar-refractivity contribution < 1.29 is 9.84 Å². The zero-order valence-corrected chi connectivity index (χ0v) is 4.56. The fraction of sp³-hybridized carbons (Fsp3) is 1.00. The van der Waals surface area contributed by atoms with E-state index in [1.165, 1.54) is 7.11 Å². The van der Waals surface area contributed by atoms with Crippen molar-refractivity contribution in [3.05, 3.63) is 0 Å². The normalized spacial score (nSPS) is 6.00. The molecule has 0 aromatic heterocycles. The van der Waals surface area contributed by atoms with Crippen LogP contribution in [0.2, 0.25) is 0 Å². The molecule has 0 unspecified atom stereocenters. The summed E-state index contributed by atoms with van der Waals surface area (Å²) in [7, 11) is 1.43. The topological polar surface area (TPSA) is 29.5 Å². The zero-order chi connectivity index (χ0) is 5.41. The van der Waals surface area contributed by atoms with Gasteiger partial charge >= 0.3 is 0 Å². The average molecular weight is 92.1 g/mol. The number of aliphatic hydroxyl groups excluding tert-OH is 1. The largest absolute Gasteiger partial charge is 0.371 e. The predicted molar refractivity (Wildman–Crippen MR) is 25.4 cm³/mol. The number of methoxy groups -OCH3 is 1. The van der Waals surface area contributed by atoms with Crippen LogP contribution in [0, 0.1) is 0 Å². The summed E-state index contributed by atoms with van der Waals surface area (Å²) in [6.07, 6.45) is 0. The third kappa shape index (κ3) is 39.5. The zero-order valence-electron chi connectivity index (χ0n) is 4.56. The molecule has 0 aliphatic heterocycles. The van der Waals surface area contributed by atoms with Crippen LogP contribution < -0.4 is 0 Å². The summed E-state index contributed by atoms with van der Waals surface area (Å²) in [4.78, 5) is 0. The minimum absolute atomic E-state index is 0.181. The van der Waals surface area contributed by atoms with Gasteiger partial charge in [-0.1, -0.05) is 13.8 Å². The van der Waals surface area contributed by atoms with E-state index < -0.39 is 0 Å². The Bertz CT molecular complexity index is 7.51. The maximum absolute atomic E-state index is 7.65. The monoisotopic (exact) mass is 92.1 g/mol. The second kappa shape index (κ2) is 20.5. The second-order valence-electron chi connectivity index (χ2n) is 0.418. The first-order valence-electron chi connectivity index (χ1n) is 2.01. The van der Waals surface area contributed by atoms with Crippen LogP contribution in [0.15, 0.2) is 0 Å². The lowest BCUT2D eigenvalue weighted by atomic mass is 11.0. The Morgan fingerprint density at radius 1 is 1.50 bits per heavy atom. The van der Waals surface area contributed by atoms with Gasteiger partial charge < -0.3 is 9.84 Å². The molecular weight excluding hydrogens is 80.0 g/mol. The molecule has 0 amide bonds. The highest BCUT2D eigenvalue weighted by Gasteiger charge is 1.51. The van der Waals surface area contributed by atoms with Crippen LogP contribution >= 0.6 is 0 Å². The Morgan fingerprint density at radius 3 is 1.67 bits per heavy atom. The van der Waals surface area contributed by atoms with Crippen molar-refractivity contribution in [2.45, 2.75) is 13.8 Å². The molecule has 0 aromatic rings. The smallest absolute Gasteiger partial charge is 0.143 e. The van der Waals surface area contributed by atoms with Crippen LogP contribution in [0.4, 0.5) is 0 Å². The molecule has 2 nitrogen and oxygen atoms in total. The minimum Gasteiger partial charge on any atom is -0.371 e. The molecule has 0 aliphatic rings. The van der Waals surface area contributed by atoms with Crippen LogP contribution in [0.1, 0.15) is 13.8 Å². The van der Waals surface area contributed by atoms with Crippen LogP contribution in [0.3, 0.4) is 0 Å². The highest BCUT2D eigenvalue weighted by molar-refractivity contribution is 3.72. The van der Waals surface area contributed by atoms with Crippen molar-refractivity contribution in [3.63, 3.8) is 0 Å². The van der Waals surface area contributed by atoms with Crippen molar-refractivity contribution in [3.8, 4) is 0 Å². The van der Waals surface area contributed by atoms with Gasteiger partial charge in [0.2, 0.25) is 0 Å². The Kier molecular flexibility index (Phi) is 31.9. The van der Waals surface area contributed by atoms with Crippen LogP contribution in [0.25, 0.3) is 0 Å². The Morgan fingerprint density at radius 2 is 1.67 bits per heavy atom. The number of hydrogen-bond acceptors (Lipinski definition) is 2. The standard InChI is InChI=1S/C2H6O2.C2H6/c1-4-2-3;1-2/h3H,2H2,1H3;1-2H3. The van der Waals surface area contributed by atoms with E-state index in [1.54, 1.807) is 0 Å². The summed E-state index contributed by atoms with van der Waals surface area (Å²) in [5.74, 6) is 0. The molecule has 0 aromatic carbocycles. The van der Waals surface area contributed by atoms with Gasteiger partial charge in [0, 0.05) is 7.11 Å². The van der Waals surface area contributed by atoms with Crippen LogP contribution in [-0.4, -0.2) is 19.0 Å². The molecule has 0 bridgehead atoms. The van der Waals surface area contributed by atoms with Crippen LogP contribution in [-0.2, 0) is 4.74 Å². The van der Waals surface area contributed by atoms with Gasteiger partial charge in [-0.15, -0.1) is 0 Å². The lowest BCUT2D eigenvalue weighted by Gasteiger charge is -1.76. The molecule has 6 heavy (non-hydrogen) atoms. The summed E-state index contributed by atoms with van der Waals surface area (Å²) in [5.41, 5.74) is 0. The van der Waals surface area contributed by atoms with Gasteiger partial charge in [-0.2, -0.15) is 0 Å².